The number of nitrogens with one attached hydrogen (secondary N) is 1. The molecule has 22 heavy (non-hydrogen) atoms. The molecule has 0 saturated carbocycles. The Morgan fingerprint density at radius 1 is 1.09 bits per heavy atom. The van der Waals surface area contributed by atoms with Crippen molar-refractivity contribution in [1.82, 2.24) is 20.3 Å². The van der Waals surface area contributed by atoms with Gasteiger partial charge in [-0.15, -0.1) is 11.3 Å². The number of nitrogens with zero attached hydrogens (tertiary/aromatic N) is 3. The first-order valence-corrected chi connectivity index (χ1v) is 7.75. The zero-order valence-corrected chi connectivity index (χ0v) is 12.6. The maximum atomic E-state index is 11.9. The highest BCUT2D eigenvalue weighted by Gasteiger charge is 2.07. The van der Waals surface area contributed by atoms with Crippen LogP contribution in [0.1, 0.15) is 15.4 Å². The molecule has 110 valence electrons. The van der Waals surface area contributed by atoms with Crippen LogP contribution in [0.25, 0.3) is 11.4 Å². The van der Waals surface area contributed by atoms with Gasteiger partial charge in [0.05, 0.1) is 16.4 Å². The summed E-state index contributed by atoms with van der Waals surface area (Å²) in [5.41, 5.74) is 2.36. The average molecular weight is 310 g/mol. The zero-order chi connectivity index (χ0) is 15.2. The Bertz CT molecular complexity index is 743. The molecule has 0 aliphatic rings. The van der Waals surface area contributed by atoms with Gasteiger partial charge in [0.2, 0.25) is 0 Å². The number of thiazole rings is 1. The lowest BCUT2D eigenvalue weighted by Gasteiger charge is -2.03. The van der Waals surface area contributed by atoms with Crippen molar-refractivity contribution in [1.29, 1.82) is 0 Å². The summed E-state index contributed by atoms with van der Waals surface area (Å²) in [6.45, 7) is 0.552. The molecule has 5 nitrogen and oxygen atoms in total. The van der Waals surface area contributed by atoms with Crippen molar-refractivity contribution >= 4 is 17.2 Å². The van der Waals surface area contributed by atoms with E-state index in [9.17, 15) is 4.79 Å². The predicted molar refractivity (Wildman–Crippen MR) is 85.6 cm³/mol. The first-order chi connectivity index (χ1) is 10.8. The van der Waals surface area contributed by atoms with Crippen molar-refractivity contribution in [2.24, 2.45) is 0 Å². The third kappa shape index (κ3) is 3.53. The van der Waals surface area contributed by atoms with Gasteiger partial charge in [-0.25, -0.2) is 4.98 Å². The molecule has 0 saturated heterocycles. The third-order valence-corrected chi connectivity index (χ3v) is 3.95. The molecule has 1 N–H and O–H groups in total. The highest BCUT2D eigenvalue weighted by molar-refractivity contribution is 7.09. The van der Waals surface area contributed by atoms with E-state index in [0.29, 0.717) is 18.5 Å². The topological polar surface area (TPSA) is 67.8 Å². The molecule has 3 heterocycles. The molecule has 0 fully saturated rings. The summed E-state index contributed by atoms with van der Waals surface area (Å²) in [5.74, 6) is -0.0936. The van der Waals surface area contributed by atoms with Crippen LogP contribution in [-0.4, -0.2) is 27.4 Å². The van der Waals surface area contributed by atoms with E-state index in [1.165, 1.54) is 0 Å². The summed E-state index contributed by atoms with van der Waals surface area (Å²) < 4.78 is 0. The molecular weight excluding hydrogens is 296 g/mol. The van der Waals surface area contributed by atoms with Gasteiger partial charge in [-0.1, -0.05) is 6.07 Å². The molecule has 6 heteroatoms. The first-order valence-electron chi connectivity index (χ1n) is 6.87. The minimum Gasteiger partial charge on any atom is -0.352 e. The van der Waals surface area contributed by atoms with E-state index >= 15 is 0 Å². The quantitative estimate of drug-likeness (QED) is 0.786. The smallest absolute Gasteiger partial charge is 0.251 e. The van der Waals surface area contributed by atoms with Gasteiger partial charge in [0, 0.05) is 42.5 Å². The van der Waals surface area contributed by atoms with Crippen LogP contribution < -0.4 is 5.32 Å². The van der Waals surface area contributed by atoms with E-state index in [1.807, 2.05) is 23.6 Å². The van der Waals surface area contributed by atoms with Gasteiger partial charge in [-0.2, -0.15) is 0 Å². The number of hydrogen-bond acceptors (Lipinski definition) is 5. The fraction of sp³-hybridized carbons (Fsp3) is 0.125. The molecule has 1 amide bonds. The predicted octanol–water partition coefficient (Wildman–Crippen LogP) is 2.57. The standard InChI is InChI=1S/C16H14N4OS/c21-16(12-4-8-17-9-5-12)19-10-6-15-20-14(11-22-15)13-3-1-2-7-18-13/h1-5,7-9,11H,6,10H2,(H,19,21). The summed E-state index contributed by atoms with van der Waals surface area (Å²) in [6.07, 6.45) is 5.67. The molecule has 0 atom stereocenters. The number of carbonyl (C=O) groups excluding carboxylic acids is 1. The molecule has 3 aromatic rings. The Kier molecular flexibility index (Phi) is 4.50. The van der Waals surface area contributed by atoms with Crippen LogP contribution in [0.2, 0.25) is 0 Å². The summed E-state index contributed by atoms with van der Waals surface area (Å²) >= 11 is 1.58. The molecule has 3 aromatic heterocycles. The summed E-state index contributed by atoms with van der Waals surface area (Å²) in [6, 6.07) is 9.14. The van der Waals surface area contributed by atoms with Crippen molar-refractivity contribution in [2.45, 2.75) is 6.42 Å². The second-order valence-corrected chi connectivity index (χ2v) is 5.53. The van der Waals surface area contributed by atoms with Crippen LogP contribution >= 0.6 is 11.3 Å². The SMILES string of the molecule is O=C(NCCc1nc(-c2ccccn2)cs1)c1ccncc1. The second-order valence-electron chi connectivity index (χ2n) is 4.58. The Labute approximate surface area is 132 Å². The van der Waals surface area contributed by atoms with E-state index in [0.717, 1.165) is 16.4 Å². The molecule has 0 unspecified atom stereocenters. The summed E-state index contributed by atoms with van der Waals surface area (Å²) in [4.78, 5) is 24.6. The Hall–Kier alpha value is -2.60. The first kappa shape index (κ1) is 14.3. The minimum atomic E-state index is -0.0936. The molecule has 0 aliphatic carbocycles. The van der Waals surface area contributed by atoms with Gasteiger partial charge in [0.15, 0.2) is 0 Å². The molecule has 0 bridgehead atoms. The number of amides is 1. The van der Waals surface area contributed by atoms with Crippen LogP contribution in [0.15, 0.2) is 54.3 Å². The Morgan fingerprint density at radius 3 is 2.73 bits per heavy atom. The summed E-state index contributed by atoms with van der Waals surface area (Å²) in [7, 11) is 0. The van der Waals surface area contributed by atoms with Crippen molar-refractivity contribution in [3.8, 4) is 11.4 Å². The van der Waals surface area contributed by atoms with Crippen LogP contribution in [0.3, 0.4) is 0 Å². The van der Waals surface area contributed by atoms with Crippen molar-refractivity contribution in [3.63, 3.8) is 0 Å². The third-order valence-electron chi connectivity index (χ3n) is 3.05. The molecule has 3 rings (SSSR count). The van der Waals surface area contributed by atoms with Crippen molar-refractivity contribution < 1.29 is 4.79 Å². The van der Waals surface area contributed by atoms with Gasteiger partial charge >= 0.3 is 0 Å². The largest absolute Gasteiger partial charge is 0.352 e. The van der Waals surface area contributed by atoms with Crippen LogP contribution in [0.5, 0.6) is 0 Å². The lowest BCUT2D eigenvalue weighted by Crippen LogP contribution is -2.25. The number of aromatic nitrogens is 3. The van der Waals surface area contributed by atoms with E-state index in [-0.39, 0.29) is 5.91 Å². The monoisotopic (exact) mass is 310 g/mol. The van der Waals surface area contributed by atoms with Crippen molar-refractivity contribution in [3.05, 3.63) is 64.9 Å². The average Bonchev–Trinajstić information content (AvgIpc) is 3.05. The van der Waals surface area contributed by atoms with Gasteiger partial charge in [0.25, 0.3) is 5.91 Å². The fourth-order valence-electron chi connectivity index (χ4n) is 1.95. The number of hydrogen-bond donors (Lipinski definition) is 1. The molecule has 0 aliphatic heterocycles. The van der Waals surface area contributed by atoms with E-state index in [1.54, 1.807) is 42.1 Å². The number of carbonyl (C=O) groups is 1. The van der Waals surface area contributed by atoms with Gasteiger partial charge < -0.3 is 5.32 Å². The fourth-order valence-corrected chi connectivity index (χ4v) is 2.74. The van der Waals surface area contributed by atoms with Gasteiger partial charge in [0.1, 0.15) is 0 Å². The molecular formula is C16H14N4OS. The lowest BCUT2D eigenvalue weighted by atomic mass is 10.2. The Morgan fingerprint density at radius 2 is 1.95 bits per heavy atom. The maximum absolute atomic E-state index is 11.9. The van der Waals surface area contributed by atoms with Crippen LogP contribution in [0, 0.1) is 0 Å². The van der Waals surface area contributed by atoms with E-state index in [4.69, 9.17) is 0 Å². The zero-order valence-electron chi connectivity index (χ0n) is 11.8. The molecule has 0 spiro atoms. The van der Waals surface area contributed by atoms with E-state index < -0.39 is 0 Å². The van der Waals surface area contributed by atoms with E-state index in [2.05, 4.69) is 20.3 Å². The van der Waals surface area contributed by atoms with Gasteiger partial charge in [-0.05, 0) is 24.3 Å². The second kappa shape index (κ2) is 6.91. The minimum absolute atomic E-state index is 0.0936. The number of rotatable bonds is 5. The molecule has 0 radical (unpaired) electrons. The Balaban J connectivity index is 1.55. The molecule has 0 aromatic carbocycles. The van der Waals surface area contributed by atoms with Crippen molar-refractivity contribution in [2.75, 3.05) is 6.54 Å². The number of pyridine rings is 2. The van der Waals surface area contributed by atoms with Crippen LogP contribution in [0.4, 0.5) is 0 Å². The van der Waals surface area contributed by atoms with Crippen LogP contribution in [-0.2, 0) is 6.42 Å². The highest BCUT2D eigenvalue weighted by Crippen LogP contribution is 2.19. The lowest BCUT2D eigenvalue weighted by molar-refractivity contribution is 0.0954. The van der Waals surface area contributed by atoms with Gasteiger partial charge in [-0.3, -0.25) is 14.8 Å². The normalized spacial score (nSPS) is 10.4. The summed E-state index contributed by atoms with van der Waals surface area (Å²) in [5, 5.41) is 5.85. The highest BCUT2D eigenvalue weighted by atomic mass is 32.1. The maximum Gasteiger partial charge on any atom is 0.251 e.